The summed E-state index contributed by atoms with van der Waals surface area (Å²) >= 11 is 0. The number of ether oxygens (including phenoxy) is 1. The fourth-order valence-corrected chi connectivity index (χ4v) is 10.5. The molecule has 0 aromatic rings. The van der Waals surface area contributed by atoms with Crippen LogP contribution < -0.4 is 10.2 Å². The van der Waals surface area contributed by atoms with Crippen LogP contribution in [-0.2, 0) is 27.9 Å². The molecule has 9 nitrogen and oxygen atoms in total. The van der Waals surface area contributed by atoms with E-state index in [0.717, 1.165) is 89.9 Å². The molecule has 3 atom stereocenters. The van der Waals surface area contributed by atoms with E-state index in [0.29, 0.717) is 17.4 Å². The van der Waals surface area contributed by atoms with E-state index < -0.39 is 20.0 Å². The van der Waals surface area contributed by atoms with Gasteiger partial charge in [-0.05, 0) is 89.5 Å². The Kier molecular flexibility index (Phi) is 57.2. The highest BCUT2D eigenvalue weighted by Gasteiger charge is 2.27. The molecule has 0 aromatic carbocycles. The number of hydrogen-bond donors (Lipinski definition) is 1. The first kappa shape index (κ1) is 76.7. The second kappa shape index (κ2) is 58.9. The van der Waals surface area contributed by atoms with Crippen molar-refractivity contribution in [1.29, 1.82) is 0 Å². The van der Waals surface area contributed by atoms with Crippen molar-refractivity contribution in [2.24, 2.45) is 0 Å². The van der Waals surface area contributed by atoms with Gasteiger partial charge < -0.3 is 28.5 Å². The van der Waals surface area contributed by atoms with Crippen LogP contribution in [0.25, 0.3) is 0 Å². The van der Waals surface area contributed by atoms with Crippen LogP contribution >= 0.6 is 7.82 Å². The fraction of sp³-hybridized carbons (Fsp3) is 0.826. The largest absolute Gasteiger partial charge is 0.756 e. The molecule has 0 aliphatic carbocycles. The summed E-state index contributed by atoms with van der Waals surface area (Å²) in [4.78, 5) is 40.0. The number of nitrogens with zero attached hydrogens (tertiary/aromatic N) is 1. The first-order valence-corrected chi connectivity index (χ1v) is 35.1. The van der Waals surface area contributed by atoms with Gasteiger partial charge >= 0.3 is 5.97 Å². The van der Waals surface area contributed by atoms with Crippen molar-refractivity contribution in [3.63, 3.8) is 0 Å². The molecule has 462 valence electrons. The van der Waals surface area contributed by atoms with Crippen LogP contribution in [-0.4, -0.2) is 69.4 Å². The molecule has 3 unspecified atom stereocenters. The Bertz CT molecular complexity index is 1540. The molecule has 0 fully saturated rings. The summed E-state index contributed by atoms with van der Waals surface area (Å²) in [5.41, 5.74) is 0. The molecule has 0 aliphatic rings. The monoisotopic (exact) mass is 1130 g/mol. The minimum Gasteiger partial charge on any atom is -0.756 e. The average Bonchev–Trinajstić information content (AvgIpc) is 3.41. The van der Waals surface area contributed by atoms with E-state index in [2.05, 4.69) is 74.7 Å². The number of phosphoric acid groups is 1. The van der Waals surface area contributed by atoms with Gasteiger partial charge in [-0.25, -0.2) is 0 Å². The number of quaternary nitrogens is 1. The Morgan fingerprint density at radius 3 is 1.23 bits per heavy atom. The number of rotatable bonds is 61. The van der Waals surface area contributed by atoms with Crippen LogP contribution in [0.15, 0.2) is 60.8 Å². The minimum atomic E-state index is -4.70. The molecule has 0 saturated heterocycles. The number of unbranched alkanes of at least 4 members (excludes halogenated alkanes) is 37. The number of likely N-dealkylation sites (N-methyl/N-ethyl adjacent to an activating group) is 1. The summed E-state index contributed by atoms with van der Waals surface area (Å²) in [7, 11) is 1.19. The topological polar surface area (TPSA) is 114 Å². The summed E-state index contributed by atoms with van der Waals surface area (Å²) in [6.45, 7) is 6.74. The second-order valence-electron chi connectivity index (χ2n) is 23.9. The van der Waals surface area contributed by atoms with E-state index in [1.807, 2.05) is 33.3 Å². The molecule has 0 aromatic heterocycles. The van der Waals surface area contributed by atoms with Crippen molar-refractivity contribution in [3.8, 4) is 0 Å². The third kappa shape index (κ3) is 60.1. The normalized spacial score (nSPS) is 14.0. The number of phosphoric ester groups is 1. The van der Waals surface area contributed by atoms with Crippen molar-refractivity contribution in [3.05, 3.63) is 60.8 Å². The lowest BCUT2D eigenvalue weighted by atomic mass is 10.0. The predicted molar refractivity (Wildman–Crippen MR) is 339 cm³/mol. The lowest BCUT2D eigenvalue weighted by Crippen LogP contribution is -2.47. The minimum absolute atomic E-state index is 0.0234. The van der Waals surface area contributed by atoms with E-state index in [1.165, 1.54) is 193 Å². The van der Waals surface area contributed by atoms with E-state index in [9.17, 15) is 19.0 Å². The first-order valence-electron chi connectivity index (χ1n) is 33.6. The summed E-state index contributed by atoms with van der Waals surface area (Å²) in [5.74, 6) is -0.541. The summed E-state index contributed by atoms with van der Waals surface area (Å²) in [6.07, 6.45) is 74.9. The lowest BCUT2D eigenvalue weighted by molar-refractivity contribution is -0.870. The second-order valence-corrected chi connectivity index (χ2v) is 25.4. The maximum absolute atomic E-state index is 13.6. The van der Waals surface area contributed by atoms with Crippen molar-refractivity contribution >= 4 is 19.7 Å². The number of nitrogens with one attached hydrogen (secondary N) is 1. The summed E-state index contributed by atoms with van der Waals surface area (Å²) in [5, 5.41) is 3.04. The Labute approximate surface area is 490 Å². The zero-order chi connectivity index (χ0) is 57.9. The van der Waals surface area contributed by atoms with Crippen molar-refractivity contribution in [2.45, 2.75) is 328 Å². The molecule has 79 heavy (non-hydrogen) atoms. The van der Waals surface area contributed by atoms with E-state index in [1.54, 1.807) is 0 Å². The zero-order valence-corrected chi connectivity index (χ0v) is 53.7. The molecule has 0 heterocycles. The van der Waals surface area contributed by atoms with Gasteiger partial charge in [0.1, 0.15) is 19.3 Å². The van der Waals surface area contributed by atoms with Gasteiger partial charge in [0.25, 0.3) is 7.82 Å². The molecule has 0 saturated carbocycles. The van der Waals surface area contributed by atoms with Gasteiger partial charge in [-0.1, -0.05) is 275 Å². The van der Waals surface area contributed by atoms with Gasteiger partial charge in [-0.15, -0.1) is 0 Å². The molecule has 10 heteroatoms. The molecule has 1 N–H and O–H groups in total. The molecule has 0 radical (unpaired) electrons. The Morgan fingerprint density at radius 1 is 0.456 bits per heavy atom. The van der Waals surface area contributed by atoms with Gasteiger partial charge in [0.05, 0.1) is 33.8 Å². The highest BCUT2D eigenvalue weighted by molar-refractivity contribution is 7.45. The van der Waals surface area contributed by atoms with Crippen LogP contribution in [0.5, 0.6) is 0 Å². The quantitative estimate of drug-likeness (QED) is 0.0212. The number of carbonyl (C=O) groups excluding carboxylic acids is 2. The van der Waals surface area contributed by atoms with Gasteiger partial charge in [-0.3, -0.25) is 14.2 Å². The predicted octanol–water partition coefficient (Wildman–Crippen LogP) is 20.4. The third-order valence-electron chi connectivity index (χ3n) is 14.9. The van der Waals surface area contributed by atoms with Gasteiger partial charge in [0.2, 0.25) is 5.91 Å². The van der Waals surface area contributed by atoms with Crippen molar-refractivity contribution in [1.82, 2.24) is 5.32 Å². The number of esters is 1. The van der Waals surface area contributed by atoms with Crippen molar-refractivity contribution < 1.29 is 37.3 Å². The maximum atomic E-state index is 13.6. The van der Waals surface area contributed by atoms with E-state index in [4.69, 9.17) is 13.8 Å². The van der Waals surface area contributed by atoms with Gasteiger partial charge in [0.15, 0.2) is 0 Å². The summed E-state index contributed by atoms with van der Waals surface area (Å²) in [6, 6.07) is -0.891. The molecule has 0 bridgehead atoms. The molecule has 0 rings (SSSR count). The zero-order valence-electron chi connectivity index (χ0n) is 52.8. The summed E-state index contributed by atoms with van der Waals surface area (Å²) < 4.78 is 30.4. The van der Waals surface area contributed by atoms with Gasteiger partial charge in [0, 0.05) is 12.8 Å². The Balaban J connectivity index is 5.00. The van der Waals surface area contributed by atoms with Crippen LogP contribution in [0, 0.1) is 0 Å². The highest BCUT2D eigenvalue weighted by atomic mass is 31.2. The average molecular weight is 1130 g/mol. The number of allylic oxidation sites excluding steroid dienone is 9. The molecular weight excluding hydrogens is 1000 g/mol. The van der Waals surface area contributed by atoms with Crippen LogP contribution in [0.2, 0.25) is 0 Å². The third-order valence-corrected chi connectivity index (χ3v) is 15.9. The Morgan fingerprint density at radius 2 is 0.810 bits per heavy atom. The van der Waals surface area contributed by atoms with Gasteiger partial charge in [-0.2, -0.15) is 0 Å². The smallest absolute Gasteiger partial charge is 0.306 e. The fourth-order valence-electron chi connectivity index (χ4n) is 9.77. The van der Waals surface area contributed by atoms with Crippen LogP contribution in [0.4, 0.5) is 0 Å². The first-order chi connectivity index (χ1) is 38.4. The standard InChI is InChI=1S/C69H129N2O7P/c1-7-10-13-16-19-22-25-28-30-31-32-33-34-35-36-37-38-39-40-41-42-43-46-49-52-55-58-61-68(72)70-66(65-77-79(74,75)76-64-63-71(4,5)6)67(60-57-54-51-48-45-27-24-21-18-15-12-9-3)78-69(73)62-59-56-53-50-47-44-29-26-23-20-17-14-11-8-2/h11,14,19-20,22-23,28,30,57,60,66-67H,7-10,12-13,15-18,21,24-27,29,31-56,58-59,61-65H2,1-6H3,(H-,70,72,74,75)/b14-11+,22-19-,23-20+,30-28-,60-57-. The molecule has 1 amide bonds. The number of carbonyl (C=O) groups is 2. The van der Waals surface area contributed by atoms with E-state index in [-0.39, 0.29) is 31.5 Å². The van der Waals surface area contributed by atoms with Crippen LogP contribution in [0.1, 0.15) is 316 Å². The highest BCUT2D eigenvalue weighted by Crippen LogP contribution is 2.38. The lowest BCUT2D eigenvalue weighted by Gasteiger charge is -2.30. The van der Waals surface area contributed by atoms with E-state index >= 15 is 0 Å². The molecule has 0 spiro atoms. The number of hydrogen-bond acceptors (Lipinski definition) is 7. The maximum Gasteiger partial charge on any atom is 0.306 e. The number of amides is 1. The van der Waals surface area contributed by atoms with Crippen molar-refractivity contribution in [2.75, 3.05) is 40.9 Å². The molecular formula is C69H129N2O7P. The SMILES string of the molecule is CC/C=C/C/C=C/CCCCCCCCCC(=O)OC(/C=C\CCCCCCCCCCCC)C(COP(=O)([O-])OCC[N+](C)(C)C)NC(=O)CCCCCCCCCCCCCCCCCCC/C=C\C/C=C\CCCCC. The van der Waals surface area contributed by atoms with Crippen LogP contribution in [0.3, 0.4) is 0 Å². The molecule has 0 aliphatic heterocycles. The Hall–Kier alpha value is -2.29.